The van der Waals surface area contributed by atoms with E-state index in [0.29, 0.717) is 6.42 Å². The van der Waals surface area contributed by atoms with E-state index in [1.165, 1.54) is 0 Å². The monoisotopic (exact) mass is 252 g/mol. The molecule has 0 aromatic rings. The first-order chi connectivity index (χ1) is 8.25. The maximum atomic E-state index is 10.4. The van der Waals surface area contributed by atoms with Gasteiger partial charge in [0, 0.05) is 0 Å². The topological polar surface area (TPSA) is 60.7 Å². The van der Waals surface area contributed by atoms with Gasteiger partial charge in [-0.15, -0.1) is 0 Å². The minimum absolute atomic E-state index is 0.0155. The van der Waals surface area contributed by atoms with Crippen molar-refractivity contribution in [1.82, 2.24) is 0 Å². The zero-order chi connectivity index (χ0) is 13.7. The lowest BCUT2D eigenvalue weighted by Crippen LogP contribution is -2.55. The fourth-order valence-corrected chi connectivity index (χ4v) is 3.56. The molecule has 0 unspecified atom stereocenters. The summed E-state index contributed by atoms with van der Waals surface area (Å²) in [6.07, 6.45) is 1.00. The Morgan fingerprint density at radius 3 is 2.44 bits per heavy atom. The summed E-state index contributed by atoms with van der Waals surface area (Å²) in [4.78, 5) is 0. The van der Waals surface area contributed by atoms with Crippen LogP contribution in [0, 0.1) is 17.3 Å². The van der Waals surface area contributed by atoms with Gasteiger partial charge in [0.1, 0.15) is 6.10 Å². The molecule has 0 bridgehead atoms. The fraction of sp³-hybridized carbons (Fsp3) is 0.733. The number of rotatable bonds is 0. The van der Waals surface area contributed by atoms with Crippen molar-refractivity contribution < 1.29 is 15.3 Å². The van der Waals surface area contributed by atoms with E-state index in [1.807, 2.05) is 6.08 Å². The van der Waals surface area contributed by atoms with E-state index < -0.39 is 18.3 Å². The average molecular weight is 252 g/mol. The van der Waals surface area contributed by atoms with Crippen molar-refractivity contribution in [2.45, 2.75) is 51.9 Å². The highest BCUT2D eigenvalue weighted by molar-refractivity contribution is 5.23. The normalized spacial score (nSPS) is 46.9. The molecule has 18 heavy (non-hydrogen) atoms. The first kappa shape index (κ1) is 13.8. The second-order valence-electron chi connectivity index (χ2n) is 6.53. The van der Waals surface area contributed by atoms with Crippen LogP contribution in [0.3, 0.4) is 0 Å². The molecular weight excluding hydrogens is 228 g/mol. The Hall–Kier alpha value is -0.640. The van der Waals surface area contributed by atoms with Gasteiger partial charge in [-0.3, -0.25) is 0 Å². The molecule has 0 aliphatic heterocycles. The molecule has 3 heteroatoms. The van der Waals surface area contributed by atoms with E-state index in [4.69, 9.17) is 0 Å². The molecule has 5 atom stereocenters. The van der Waals surface area contributed by atoms with Gasteiger partial charge in [-0.1, -0.05) is 26.5 Å². The lowest BCUT2D eigenvalue weighted by Gasteiger charge is -2.55. The molecule has 1 fully saturated rings. The Bertz CT molecular complexity index is 383. The van der Waals surface area contributed by atoms with Gasteiger partial charge in [0.25, 0.3) is 0 Å². The molecule has 0 radical (unpaired) electrons. The van der Waals surface area contributed by atoms with E-state index in [2.05, 4.69) is 20.4 Å². The molecular formula is C15H24O3. The highest BCUT2D eigenvalue weighted by Crippen LogP contribution is 2.56. The van der Waals surface area contributed by atoms with Crippen LogP contribution in [0.5, 0.6) is 0 Å². The number of fused-ring (bicyclic) bond motifs is 1. The van der Waals surface area contributed by atoms with Gasteiger partial charge in [0.2, 0.25) is 0 Å². The average Bonchev–Trinajstić information content (AvgIpc) is 2.31. The van der Waals surface area contributed by atoms with E-state index in [9.17, 15) is 15.3 Å². The maximum absolute atomic E-state index is 10.4. The zero-order valence-electron chi connectivity index (χ0n) is 11.4. The Morgan fingerprint density at radius 2 is 1.89 bits per heavy atom. The molecule has 0 saturated heterocycles. The van der Waals surface area contributed by atoms with E-state index in [-0.39, 0.29) is 17.3 Å². The minimum atomic E-state index is -0.838. The predicted molar refractivity (Wildman–Crippen MR) is 70.9 cm³/mol. The molecule has 102 valence electrons. The summed E-state index contributed by atoms with van der Waals surface area (Å²) in [6, 6.07) is 0. The van der Waals surface area contributed by atoms with Crippen LogP contribution in [0.2, 0.25) is 0 Å². The van der Waals surface area contributed by atoms with E-state index in [0.717, 1.165) is 17.6 Å². The SMILES string of the molecule is C=C1[C@H](O)C/C=C(\C)[C@@H](O)[C@@H](O)[C@H]2[C@@H]1CC2(C)C. The van der Waals surface area contributed by atoms with Crippen LogP contribution in [-0.2, 0) is 0 Å². The van der Waals surface area contributed by atoms with Crippen molar-refractivity contribution in [1.29, 1.82) is 0 Å². The van der Waals surface area contributed by atoms with Crippen LogP contribution in [0.15, 0.2) is 23.8 Å². The zero-order valence-corrected chi connectivity index (χ0v) is 11.4. The minimum Gasteiger partial charge on any atom is -0.390 e. The van der Waals surface area contributed by atoms with Gasteiger partial charge in [0.05, 0.1) is 12.2 Å². The van der Waals surface area contributed by atoms with Crippen molar-refractivity contribution >= 4 is 0 Å². The summed E-state index contributed by atoms with van der Waals surface area (Å²) in [6.45, 7) is 10.00. The Labute approximate surface area is 109 Å². The second kappa shape index (κ2) is 4.48. The van der Waals surface area contributed by atoms with Gasteiger partial charge in [-0.25, -0.2) is 0 Å². The number of aliphatic hydroxyl groups excluding tert-OH is 3. The van der Waals surface area contributed by atoms with Crippen LogP contribution in [0.4, 0.5) is 0 Å². The highest BCUT2D eigenvalue weighted by atomic mass is 16.3. The molecule has 2 rings (SSSR count). The van der Waals surface area contributed by atoms with Crippen LogP contribution in [-0.4, -0.2) is 33.6 Å². The molecule has 3 nitrogen and oxygen atoms in total. The molecule has 0 spiro atoms. The highest BCUT2D eigenvalue weighted by Gasteiger charge is 2.54. The Morgan fingerprint density at radius 1 is 1.28 bits per heavy atom. The van der Waals surface area contributed by atoms with Crippen molar-refractivity contribution in [2.24, 2.45) is 17.3 Å². The molecule has 3 N–H and O–H groups in total. The standard InChI is InChI=1S/C15H24O3/c1-8-5-6-11(16)9(2)10-7-15(3,4)12(10)14(18)13(8)17/h5,10-14,16-18H,2,6-7H2,1,3-4H3/b8-5+/t10-,11-,12-,13-,14+/m1/s1. The molecule has 1 saturated carbocycles. The largest absolute Gasteiger partial charge is 0.390 e. The van der Waals surface area contributed by atoms with Crippen molar-refractivity contribution in [3.8, 4) is 0 Å². The molecule has 2 aliphatic rings. The lowest BCUT2D eigenvalue weighted by atomic mass is 9.51. The summed E-state index contributed by atoms with van der Waals surface area (Å²) in [5.74, 6) is 0.0787. The fourth-order valence-electron chi connectivity index (χ4n) is 3.56. The van der Waals surface area contributed by atoms with Gasteiger partial charge in [0.15, 0.2) is 0 Å². The van der Waals surface area contributed by atoms with Crippen LogP contribution >= 0.6 is 0 Å². The molecule has 2 aliphatic carbocycles. The summed E-state index contributed by atoms with van der Waals surface area (Å²) >= 11 is 0. The van der Waals surface area contributed by atoms with Gasteiger partial charge >= 0.3 is 0 Å². The third-order valence-corrected chi connectivity index (χ3v) is 4.81. The lowest BCUT2D eigenvalue weighted by molar-refractivity contribution is -0.118. The summed E-state index contributed by atoms with van der Waals surface area (Å²) in [5.41, 5.74) is 1.52. The van der Waals surface area contributed by atoms with Crippen molar-refractivity contribution in [2.75, 3.05) is 0 Å². The van der Waals surface area contributed by atoms with Crippen molar-refractivity contribution in [3.05, 3.63) is 23.8 Å². The van der Waals surface area contributed by atoms with Crippen molar-refractivity contribution in [3.63, 3.8) is 0 Å². The molecule has 0 aromatic carbocycles. The number of hydrogen-bond donors (Lipinski definition) is 3. The third kappa shape index (κ3) is 2.04. The van der Waals surface area contributed by atoms with Gasteiger partial charge in [-0.2, -0.15) is 0 Å². The number of hydrogen-bond acceptors (Lipinski definition) is 3. The quantitative estimate of drug-likeness (QED) is 0.574. The number of aliphatic hydroxyl groups is 3. The Balaban J connectivity index is 2.35. The third-order valence-electron chi connectivity index (χ3n) is 4.81. The first-order valence-electron chi connectivity index (χ1n) is 6.65. The predicted octanol–water partition coefficient (Wildman–Crippen LogP) is 1.64. The van der Waals surface area contributed by atoms with Crippen LogP contribution in [0.1, 0.15) is 33.6 Å². The maximum Gasteiger partial charge on any atom is 0.101 e. The van der Waals surface area contributed by atoms with E-state index in [1.54, 1.807) is 6.92 Å². The summed E-state index contributed by atoms with van der Waals surface area (Å²) in [7, 11) is 0. The molecule has 0 aromatic heterocycles. The van der Waals surface area contributed by atoms with Gasteiger partial charge < -0.3 is 15.3 Å². The Kier molecular flexibility index (Phi) is 3.43. The smallest absolute Gasteiger partial charge is 0.101 e. The van der Waals surface area contributed by atoms with Gasteiger partial charge in [-0.05, 0) is 48.2 Å². The molecule has 0 amide bonds. The summed E-state index contributed by atoms with van der Waals surface area (Å²) < 4.78 is 0. The van der Waals surface area contributed by atoms with Crippen LogP contribution in [0.25, 0.3) is 0 Å². The first-order valence-corrected chi connectivity index (χ1v) is 6.65. The van der Waals surface area contributed by atoms with E-state index >= 15 is 0 Å². The van der Waals surface area contributed by atoms with Crippen LogP contribution < -0.4 is 0 Å². The second-order valence-corrected chi connectivity index (χ2v) is 6.53. The summed E-state index contributed by atoms with van der Waals surface area (Å²) in [5, 5.41) is 30.7. The molecule has 0 heterocycles.